The fourth-order valence-corrected chi connectivity index (χ4v) is 2.78. The first-order valence-corrected chi connectivity index (χ1v) is 7.79. The Hall–Kier alpha value is -2.82. The molecule has 5 heteroatoms. The van der Waals surface area contributed by atoms with Crippen LogP contribution in [0.3, 0.4) is 0 Å². The van der Waals surface area contributed by atoms with Crippen LogP contribution in [0.2, 0.25) is 0 Å². The number of nitrogens with zero attached hydrogens (tertiary/aromatic N) is 2. The minimum atomic E-state index is -0.253. The van der Waals surface area contributed by atoms with Crippen LogP contribution in [0.25, 0.3) is 0 Å². The molecule has 3 rings (SSSR count). The van der Waals surface area contributed by atoms with E-state index < -0.39 is 0 Å². The molecule has 2 aromatic carbocycles. The van der Waals surface area contributed by atoms with Crippen molar-refractivity contribution in [3.05, 3.63) is 59.7 Å². The van der Waals surface area contributed by atoms with E-state index in [-0.39, 0.29) is 11.9 Å². The second kappa shape index (κ2) is 6.74. The van der Waals surface area contributed by atoms with Gasteiger partial charge in [-0.1, -0.05) is 24.3 Å². The van der Waals surface area contributed by atoms with Crippen LogP contribution < -0.4 is 4.74 Å². The molecule has 0 aliphatic carbocycles. The number of carbonyl (C=O) groups excluding carboxylic acids is 1. The van der Waals surface area contributed by atoms with Crippen LogP contribution in [-0.4, -0.2) is 37.0 Å². The molecule has 124 valence electrons. The van der Waals surface area contributed by atoms with Crippen molar-refractivity contribution in [2.24, 2.45) is 4.99 Å². The molecule has 2 aromatic rings. The summed E-state index contributed by atoms with van der Waals surface area (Å²) in [7, 11) is 3.22. The lowest BCUT2D eigenvalue weighted by atomic mass is 10.1. The van der Waals surface area contributed by atoms with Gasteiger partial charge >= 0.3 is 0 Å². The van der Waals surface area contributed by atoms with Crippen molar-refractivity contribution in [3.8, 4) is 5.75 Å². The van der Waals surface area contributed by atoms with Crippen LogP contribution in [0.5, 0.6) is 5.75 Å². The number of ether oxygens (including phenoxy) is 2. The Morgan fingerprint density at radius 1 is 1.04 bits per heavy atom. The lowest BCUT2D eigenvalue weighted by molar-refractivity contribution is 0.0711. The van der Waals surface area contributed by atoms with Crippen LogP contribution in [0, 0.1) is 0 Å². The molecular formula is C19H20N2O3. The van der Waals surface area contributed by atoms with E-state index in [0.717, 1.165) is 11.3 Å². The van der Waals surface area contributed by atoms with Gasteiger partial charge in [0, 0.05) is 6.54 Å². The number of hydrogen-bond donors (Lipinski definition) is 0. The first-order chi connectivity index (χ1) is 11.6. The number of benzene rings is 2. The fourth-order valence-electron chi connectivity index (χ4n) is 2.78. The maximum atomic E-state index is 13.0. The predicted octanol–water partition coefficient (Wildman–Crippen LogP) is 3.42. The van der Waals surface area contributed by atoms with E-state index in [1.54, 1.807) is 25.2 Å². The second-order valence-corrected chi connectivity index (χ2v) is 5.63. The standard InChI is InChI=1S/C19H20N2O3/c1-13-18(24-3)20-17-7-5-4-6-16(17)19(22)21(13)12-14-8-10-15(23-2)11-9-14/h4-11,13H,12H2,1-3H3. The molecule has 1 aliphatic rings. The van der Waals surface area contributed by atoms with Gasteiger partial charge < -0.3 is 14.4 Å². The van der Waals surface area contributed by atoms with Crippen molar-refractivity contribution >= 4 is 17.5 Å². The molecule has 1 heterocycles. The van der Waals surface area contributed by atoms with Gasteiger partial charge in [0.05, 0.1) is 25.5 Å². The monoisotopic (exact) mass is 324 g/mol. The van der Waals surface area contributed by atoms with Gasteiger partial charge in [-0.25, -0.2) is 4.99 Å². The topological polar surface area (TPSA) is 51.1 Å². The maximum Gasteiger partial charge on any atom is 0.257 e. The van der Waals surface area contributed by atoms with Crippen molar-refractivity contribution in [3.63, 3.8) is 0 Å². The fraction of sp³-hybridized carbons (Fsp3) is 0.263. The number of amides is 1. The molecule has 0 bridgehead atoms. The van der Waals surface area contributed by atoms with Gasteiger partial charge in [-0.15, -0.1) is 0 Å². The molecule has 0 spiro atoms. The number of aliphatic imine (C=N–C) groups is 1. The smallest absolute Gasteiger partial charge is 0.257 e. The number of methoxy groups -OCH3 is 2. The SMILES string of the molecule is COC1=Nc2ccccc2C(=O)N(Cc2ccc(OC)cc2)C1C. The summed E-state index contributed by atoms with van der Waals surface area (Å²) in [6, 6.07) is 14.8. The van der Waals surface area contributed by atoms with Crippen LogP contribution in [0.1, 0.15) is 22.8 Å². The van der Waals surface area contributed by atoms with Gasteiger partial charge in [0.1, 0.15) is 11.8 Å². The van der Waals surface area contributed by atoms with E-state index in [9.17, 15) is 4.79 Å². The molecule has 1 unspecified atom stereocenters. The zero-order chi connectivity index (χ0) is 17.1. The quantitative estimate of drug-likeness (QED) is 0.869. The Morgan fingerprint density at radius 3 is 2.42 bits per heavy atom. The van der Waals surface area contributed by atoms with Crippen molar-refractivity contribution < 1.29 is 14.3 Å². The highest BCUT2D eigenvalue weighted by atomic mass is 16.5. The Bertz CT molecular complexity index is 768. The van der Waals surface area contributed by atoms with E-state index in [0.29, 0.717) is 23.7 Å². The van der Waals surface area contributed by atoms with Gasteiger partial charge in [0.25, 0.3) is 5.91 Å². The predicted molar refractivity (Wildman–Crippen MR) is 92.9 cm³/mol. The van der Waals surface area contributed by atoms with Gasteiger partial charge in [0.2, 0.25) is 5.90 Å². The highest BCUT2D eigenvalue weighted by Crippen LogP contribution is 2.27. The van der Waals surface area contributed by atoms with Crippen molar-refractivity contribution in [2.45, 2.75) is 19.5 Å². The number of fused-ring (bicyclic) bond motifs is 1. The number of para-hydroxylation sites is 1. The summed E-state index contributed by atoms with van der Waals surface area (Å²) in [5.41, 5.74) is 2.25. The summed E-state index contributed by atoms with van der Waals surface area (Å²) in [6.45, 7) is 2.40. The van der Waals surface area contributed by atoms with Crippen LogP contribution in [-0.2, 0) is 11.3 Å². The molecule has 1 amide bonds. The third-order valence-electron chi connectivity index (χ3n) is 4.17. The van der Waals surface area contributed by atoms with E-state index in [4.69, 9.17) is 9.47 Å². The molecule has 0 aromatic heterocycles. The molecule has 1 aliphatic heterocycles. The second-order valence-electron chi connectivity index (χ2n) is 5.63. The van der Waals surface area contributed by atoms with Gasteiger partial charge in [-0.05, 0) is 36.8 Å². The highest BCUT2D eigenvalue weighted by molar-refractivity contribution is 6.04. The lowest BCUT2D eigenvalue weighted by Gasteiger charge is -2.28. The normalized spacial score (nSPS) is 17.0. The first-order valence-electron chi connectivity index (χ1n) is 7.79. The number of rotatable bonds is 3. The van der Waals surface area contributed by atoms with Crippen LogP contribution >= 0.6 is 0 Å². The van der Waals surface area contributed by atoms with Crippen LogP contribution in [0.4, 0.5) is 5.69 Å². The molecule has 0 saturated heterocycles. The molecule has 0 fully saturated rings. The van der Waals surface area contributed by atoms with Crippen LogP contribution in [0.15, 0.2) is 53.5 Å². The maximum absolute atomic E-state index is 13.0. The van der Waals surface area contributed by atoms with Crippen molar-refractivity contribution in [1.29, 1.82) is 0 Å². The minimum Gasteiger partial charge on any atom is -0.497 e. The summed E-state index contributed by atoms with van der Waals surface area (Å²) in [5.74, 6) is 1.27. The Kier molecular flexibility index (Phi) is 4.51. The first kappa shape index (κ1) is 16.1. The van der Waals surface area contributed by atoms with Gasteiger partial charge in [0.15, 0.2) is 0 Å². The van der Waals surface area contributed by atoms with E-state index in [1.165, 1.54) is 0 Å². The van der Waals surface area contributed by atoms with E-state index >= 15 is 0 Å². The summed E-state index contributed by atoms with van der Waals surface area (Å²) in [6.07, 6.45) is 0. The molecule has 0 saturated carbocycles. The average molecular weight is 324 g/mol. The van der Waals surface area contributed by atoms with Gasteiger partial charge in [-0.3, -0.25) is 4.79 Å². The third-order valence-corrected chi connectivity index (χ3v) is 4.17. The molecule has 5 nitrogen and oxygen atoms in total. The minimum absolute atomic E-state index is 0.0512. The number of hydrogen-bond acceptors (Lipinski definition) is 4. The Balaban J connectivity index is 1.96. The number of carbonyl (C=O) groups is 1. The molecule has 0 radical (unpaired) electrons. The zero-order valence-corrected chi connectivity index (χ0v) is 14.0. The average Bonchev–Trinajstić information content (AvgIpc) is 2.72. The zero-order valence-electron chi connectivity index (χ0n) is 14.0. The summed E-state index contributed by atoms with van der Waals surface area (Å²) >= 11 is 0. The lowest BCUT2D eigenvalue weighted by Crippen LogP contribution is -2.42. The van der Waals surface area contributed by atoms with Crippen molar-refractivity contribution in [2.75, 3.05) is 14.2 Å². The highest BCUT2D eigenvalue weighted by Gasteiger charge is 2.30. The summed E-state index contributed by atoms with van der Waals surface area (Å²) < 4.78 is 10.6. The summed E-state index contributed by atoms with van der Waals surface area (Å²) in [4.78, 5) is 19.3. The van der Waals surface area contributed by atoms with Crippen molar-refractivity contribution in [1.82, 2.24) is 4.90 Å². The van der Waals surface area contributed by atoms with E-state index in [2.05, 4.69) is 4.99 Å². The van der Waals surface area contributed by atoms with E-state index in [1.807, 2.05) is 49.4 Å². The summed E-state index contributed by atoms with van der Waals surface area (Å²) in [5, 5.41) is 0. The Morgan fingerprint density at radius 2 is 1.75 bits per heavy atom. The Labute approximate surface area is 141 Å². The molecule has 0 N–H and O–H groups in total. The third kappa shape index (κ3) is 2.97. The molecular weight excluding hydrogens is 304 g/mol. The van der Waals surface area contributed by atoms with Gasteiger partial charge in [-0.2, -0.15) is 0 Å². The molecule has 24 heavy (non-hydrogen) atoms. The molecule has 1 atom stereocenters. The largest absolute Gasteiger partial charge is 0.497 e.